The molecule has 21 heavy (non-hydrogen) atoms. The van der Waals surface area contributed by atoms with E-state index in [1.807, 2.05) is 0 Å². The molecule has 1 aliphatic rings. The minimum absolute atomic E-state index is 0.0626. The Hall–Kier alpha value is -1.10. The van der Waals surface area contributed by atoms with Gasteiger partial charge in [-0.05, 0) is 65.5 Å². The summed E-state index contributed by atoms with van der Waals surface area (Å²) in [6.07, 6.45) is 2.77. The number of carboxylic acid groups (broad SMARTS) is 1. The smallest absolute Gasteiger partial charge is 0.311 e. The first-order valence-corrected chi connectivity index (χ1v) is 7.83. The van der Waals surface area contributed by atoms with Crippen molar-refractivity contribution in [3.8, 4) is 0 Å². The summed E-state index contributed by atoms with van der Waals surface area (Å²) >= 11 is 0. The van der Waals surface area contributed by atoms with Gasteiger partial charge in [0.25, 0.3) is 0 Å². The van der Waals surface area contributed by atoms with Crippen LogP contribution in [-0.4, -0.2) is 35.6 Å². The molecular formula is C16H30N2O3. The summed E-state index contributed by atoms with van der Waals surface area (Å²) in [6, 6.07) is 0. The Bertz CT molecular complexity index is 385. The van der Waals surface area contributed by atoms with E-state index < -0.39 is 16.9 Å². The van der Waals surface area contributed by atoms with Gasteiger partial charge in [0.2, 0.25) is 5.91 Å². The first-order chi connectivity index (χ1) is 9.58. The van der Waals surface area contributed by atoms with Gasteiger partial charge in [-0.1, -0.05) is 6.92 Å². The molecule has 1 fully saturated rings. The zero-order valence-corrected chi connectivity index (χ0v) is 14.0. The van der Waals surface area contributed by atoms with Gasteiger partial charge in [-0.2, -0.15) is 0 Å². The summed E-state index contributed by atoms with van der Waals surface area (Å²) in [5.74, 6) is -0.133. The van der Waals surface area contributed by atoms with Crippen molar-refractivity contribution in [2.75, 3.05) is 13.1 Å². The van der Waals surface area contributed by atoms with E-state index in [1.54, 1.807) is 27.7 Å². The van der Waals surface area contributed by atoms with Crippen LogP contribution in [0.15, 0.2) is 0 Å². The summed E-state index contributed by atoms with van der Waals surface area (Å²) in [7, 11) is 0. The molecule has 0 saturated carbocycles. The molecule has 5 nitrogen and oxygen atoms in total. The monoisotopic (exact) mass is 298 g/mol. The first kappa shape index (κ1) is 18.0. The molecule has 0 aromatic heterocycles. The van der Waals surface area contributed by atoms with Gasteiger partial charge < -0.3 is 15.7 Å². The highest BCUT2D eigenvalue weighted by molar-refractivity contribution is 5.80. The largest absolute Gasteiger partial charge is 0.481 e. The van der Waals surface area contributed by atoms with Crippen molar-refractivity contribution in [3.05, 3.63) is 0 Å². The van der Waals surface area contributed by atoms with Gasteiger partial charge in [0, 0.05) is 12.0 Å². The maximum atomic E-state index is 12.3. The van der Waals surface area contributed by atoms with Crippen molar-refractivity contribution in [3.63, 3.8) is 0 Å². The van der Waals surface area contributed by atoms with Crippen LogP contribution in [0.3, 0.4) is 0 Å². The van der Waals surface area contributed by atoms with Crippen LogP contribution < -0.4 is 10.6 Å². The molecule has 1 rings (SSSR count). The van der Waals surface area contributed by atoms with Crippen molar-refractivity contribution in [2.24, 2.45) is 17.3 Å². The Morgan fingerprint density at radius 2 is 1.95 bits per heavy atom. The van der Waals surface area contributed by atoms with Crippen LogP contribution in [0.1, 0.15) is 53.9 Å². The van der Waals surface area contributed by atoms with Crippen LogP contribution in [0.5, 0.6) is 0 Å². The predicted octanol–water partition coefficient (Wildman–Crippen LogP) is 2.02. The van der Waals surface area contributed by atoms with Crippen LogP contribution in [0.25, 0.3) is 0 Å². The lowest BCUT2D eigenvalue weighted by molar-refractivity contribution is -0.151. The zero-order valence-electron chi connectivity index (χ0n) is 14.0. The second kappa shape index (κ2) is 6.77. The standard InChI is InChI=1S/C16H30N2O3/c1-11(12-7-6-8-17-10-12)9-13(19)18-16(4,5)15(2,3)14(20)21/h11-12,17H,6-10H2,1-5H3,(H,18,19)(H,20,21). The van der Waals surface area contributed by atoms with Gasteiger partial charge in [-0.3, -0.25) is 9.59 Å². The molecule has 2 atom stereocenters. The third kappa shape index (κ3) is 4.43. The molecule has 0 radical (unpaired) electrons. The molecule has 1 amide bonds. The quantitative estimate of drug-likeness (QED) is 0.701. The summed E-state index contributed by atoms with van der Waals surface area (Å²) in [6.45, 7) is 11.0. The van der Waals surface area contributed by atoms with E-state index in [4.69, 9.17) is 0 Å². The fourth-order valence-corrected chi connectivity index (χ4v) is 2.65. The summed E-state index contributed by atoms with van der Waals surface area (Å²) in [5.41, 5.74) is -1.81. The molecule has 2 unspecified atom stereocenters. The topological polar surface area (TPSA) is 78.4 Å². The van der Waals surface area contributed by atoms with E-state index in [1.165, 1.54) is 0 Å². The van der Waals surface area contributed by atoms with Crippen LogP contribution in [-0.2, 0) is 9.59 Å². The van der Waals surface area contributed by atoms with Crippen LogP contribution in [0, 0.1) is 17.3 Å². The number of carbonyl (C=O) groups excluding carboxylic acids is 1. The molecule has 0 aliphatic carbocycles. The van der Waals surface area contributed by atoms with Crippen LogP contribution in [0.2, 0.25) is 0 Å². The van der Waals surface area contributed by atoms with Crippen molar-refractivity contribution >= 4 is 11.9 Å². The van der Waals surface area contributed by atoms with E-state index in [-0.39, 0.29) is 5.91 Å². The fourth-order valence-electron chi connectivity index (χ4n) is 2.65. The lowest BCUT2D eigenvalue weighted by Gasteiger charge is -2.39. The highest BCUT2D eigenvalue weighted by Gasteiger charge is 2.44. The summed E-state index contributed by atoms with van der Waals surface area (Å²) in [4.78, 5) is 23.6. The number of piperidine rings is 1. The minimum Gasteiger partial charge on any atom is -0.481 e. The third-order valence-corrected chi connectivity index (χ3v) is 5.20. The summed E-state index contributed by atoms with van der Waals surface area (Å²) < 4.78 is 0. The number of hydrogen-bond acceptors (Lipinski definition) is 3. The normalized spacial score (nSPS) is 21.7. The molecule has 0 aromatic carbocycles. The Kier molecular flexibility index (Phi) is 5.79. The van der Waals surface area contributed by atoms with E-state index in [2.05, 4.69) is 17.6 Å². The minimum atomic E-state index is -1.02. The van der Waals surface area contributed by atoms with Crippen LogP contribution in [0.4, 0.5) is 0 Å². The molecule has 1 heterocycles. The van der Waals surface area contributed by atoms with Gasteiger partial charge in [0.15, 0.2) is 0 Å². The Morgan fingerprint density at radius 3 is 2.43 bits per heavy atom. The van der Waals surface area contributed by atoms with Crippen molar-refractivity contribution in [1.29, 1.82) is 0 Å². The number of carboxylic acids is 1. The fraction of sp³-hybridized carbons (Fsp3) is 0.875. The number of amides is 1. The number of carbonyl (C=O) groups is 2. The Morgan fingerprint density at radius 1 is 1.33 bits per heavy atom. The van der Waals surface area contributed by atoms with Crippen molar-refractivity contribution in [2.45, 2.75) is 59.4 Å². The van der Waals surface area contributed by atoms with Gasteiger partial charge >= 0.3 is 5.97 Å². The Labute approximate surface area is 127 Å². The van der Waals surface area contributed by atoms with Gasteiger partial charge in [0.05, 0.1) is 5.41 Å². The molecule has 0 aromatic rings. The van der Waals surface area contributed by atoms with Gasteiger partial charge in [0.1, 0.15) is 0 Å². The van der Waals surface area contributed by atoms with Gasteiger partial charge in [-0.15, -0.1) is 0 Å². The Balaban J connectivity index is 2.57. The van der Waals surface area contributed by atoms with Crippen molar-refractivity contribution in [1.82, 2.24) is 10.6 Å². The van der Waals surface area contributed by atoms with E-state index in [0.717, 1.165) is 25.9 Å². The first-order valence-electron chi connectivity index (χ1n) is 7.83. The van der Waals surface area contributed by atoms with E-state index in [9.17, 15) is 14.7 Å². The molecule has 0 spiro atoms. The number of hydrogen-bond donors (Lipinski definition) is 3. The average Bonchev–Trinajstić information content (AvgIpc) is 2.38. The van der Waals surface area contributed by atoms with Gasteiger partial charge in [-0.25, -0.2) is 0 Å². The molecular weight excluding hydrogens is 268 g/mol. The maximum absolute atomic E-state index is 12.3. The van der Waals surface area contributed by atoms with Crippen molar-refractivity contribution < 1.29 is 14.7 Å². The highest BCUT2D eigenvalue weighted by atomic mass is 16.4. The van der Waals surface area contributed by atoms with E-state index in [0.29, 0.717) is 18.3 Å². The SMILES string of the molecule is CC(CC(=O)NC(C)(C)C(C)(C)C(=O)O)C1CCCNC1. The molecule has 1 aliphatic heterocycles. The molecule has 0 bridgehead atoms. The number of aliphatic carboxylic acids is 1. The maximum Gasteiger partial charge on any atom is 0.311 e. The lowest BCUT2D eigenvalue weighted by Crippen LogP contribution is -2.57. The lowest BCUT2D eigenvalue weighted by atomic mass is 9.74. The highest BCUT2D eigenvalue weighted by Crippen LogP contribution is 2.31. The molecule has 3 N–H and O–H groups in total. The second-order valence-electron chi connectivity index (χ2n) is 7.39. The average molecular weight is 298 g/mol. The predicted molar refractivity (Wildman–Crippen MR) is 83.0 cm³/mol. The number of rotatable bonds is 6. The third-order valence-electron chi connectivity index (χ3n) is 5.20. The van der Waals surface area contributed by atoms with E-state index >= 15 is 0 Å². The molecule has 1 saturated heterocycles. The molecule has 5 heteroatoms. The molecule has 122 valence electrons. The second-order valence-corrected chi connectivity index (χ2v) is 7.39. The van der Waals surface area contributed by atoms with Crippen LogP contribution >= 0.6 is 0 Å². The zero-order chi connectivity index (χ0) is 16.3. The summed E-state index contributed by atoms with van der Waals surface area (Å²) in [5, 5.41) is 15.6. The number of nitrogens with one attached hydrogen (secondary N) is 2.